The van der Waals surface area contributed by atoms with Crippen molar-refractivity contribution in [3.05, 3.63) is 105 Å². The van der Waals surface area contributed by atoms with E-state index < -0.39 is 0 Å². The Morgan fingerprint density at radius 1 is 0.974 bits per heavy atom. The first-order valence-electron chi connectivity index (χ1n) is 12.5. The van der Waals surface area contributed by atoms with Gasteiger partial charge >= 0.3 is 0 Å². The molecule has 0 aliphatic carbocycles. The Labute approximate surface area is 232 Å². The lowest BCUT2D eigenvalue weighted by Crippen LogP contribution is -2.43. The van der Waals surface area contributed by atoms with Gasteiger partial charge in [-0.05, 0) is 80.8 Å². The van der Waals surface area contributed by atoms with Gasteiger partial charge < -0.3 is 15.5 Å². The summed E-state index contributed by atoms with van der Waals surface area (Å²) in [6, 6.07) is 20.1. The van der Waals surface area contributed by atoms with Crippen LogP contribution in [0.25, 0.3) is 0 Å². The number of thioether (sulfide) groups is 1. The van der Waals surface area contributed by atoms with Crippen LogP contribution >= 0.6 is 23.4 Å². The molecular weight excluding hydrogens is 516 g/mol. The molecule has 1 atom stereocenters. The summed E-state index contributed by atoms with van der Waals surface area (Å²) in [4.78, 5) is 33.7. The standard InChI is InChI=1S/C30H29ClN4O2S/c1-18-8-13-25(19(2)16-18)34-29(37)26-20(3)32-30-35(14-5-15-38-30)27(26)22-6-4-7-24(17-22)33-28(36)21-9-11-23(31)12-10-21/h4,6-13,16-17,27H,5,14-15H2,1-3H3,(H,33,36)(H,34,37). The van der Waals surface area contributed by atoms with Crippen LogP contribution in [0.5, 0.6) is 0 Å². The topological polar surface area (TPSA) is 73.8 Å². The predicted octanol–water partition coefficient (Wildman–Crippen LogP) is 6.97. The molecule has 2 heterocycles. The molecule has 8 heteroatoms. The number of fused-ring (bicyclic) bond motifs is 1. The minimum atomic E-state index is -0.326. The Kier molecular flexibility index (Phi) is 7.58. The number of amides is 2. The van der Waals surface area contributed by atoms with Crippen LogP contribution in [-0.2, 0) is 4.79 Å². The van der Waals surface area contributed by atoms with E-state index in [1.807, 2.05) is 57.2 Å². The Morgan fingerprint density at radius 2 is 1.76 bits per heavy atom. The second kappa shape index (κ2) is 11.1. The zero-order chi connectivity index (χ0) is 26.8. The van der Waals surface area contributed by atoms with Crippen molar-refractivity contribution in [2.45, 2.75) is 33.2 Å². The minimum Gasteiger partial charge on any atom is -0.340 e. The van der Waals surface area contributed by atoms with E-state index in [-0.39, 0.29) is 17.9 Å². The predicted molar refractivity (Wildman–Crippen MR) is 157 cm³/mol. The number of nitrogens with zero attached hydrogens (tertiary/aromatic N) is 2. The number of rotatable bonds is 5. The quantitative estimate of drug-likeness (QED) is 0.364. The third kappa shape index (κ3) is 5.49. The Bertz CT molecular complexity index is 1470. The van der Waals surface area contributed by atoms with Gasteiger partial charge in [0.2, 0.25) is 0 Å². The van der Waals surface area contributed by atoms with Gasteiger partial charge in [0.15, 0.2) is 5.17 Å². The van der Waals surface area contributed by atoms with Crippen molar-refractivity contribution in [1.82, 2.24) is 4.90 Å². The van der Waals surface area contributed by atoms with E-state index in [9.17, 15) is 9.59 Å². The number of nitrogens with one attached hydrogen (secondary N) is 2. The van der Waals surface area contributed by atoms with E-state index in [2.05, 4.69) is 21.6 Å². The Balaban J connectivity index is 1.48. The normalized spacial score (nSPS) is 17.0. The van der Waals surface area contributed by atoms with Gasteiger partial charge in [0, 0.05) is 34.3 Å². The second-order valence-corrected chi connectivity index (χ2v) is 11.0. The SMILES string of the molecule is CC1=C(C(=O)Nc2ccc(C)cc2C)C(c2cccc(NC(=O)c3ccc(Cl)cc3)c2)N2CCCSC2=N1. The number of hydrogen-bond donors (Lipinski definition) is 2. The molecule has 0 radical (unpaired) electrons. The number of anilines is 2. The number of aliphatic imine (C=N–C) groups is 1. The van der Waals surface area contributed by atoms with Crippen LogP contribution in [0.1, 0.15) is 46.4 Å². The van der Waals surface area contributed by atoms with Gasteiger partial charge in [0.05, 0.1) is 17.3 Å². The number of allylic oxidation sites excluding steroid dienone is 1. The summed E-state index contributed by atoms with van der Waals surface area (Å²) in [6.45, 7) is 6.72. The molecule has 2 aliphatic rings. The molecule has 6 nitrogen and oxygen atoms in total. The number of amidine groups is 1. The molecule has 3 aromatic rings. The highest BCUT2D eigenvalue weighted by atomic mass is 35.5. The summed E-state index contributed by atoms with van der Waals surface area (Å²) in [6.07, 6.45) is 0.998. The Morgan fingerprint density at radius 3 is 2.53 bits per heavy atom. The van der Waals surface area contributed by atoms with Crippen molar-refractivity contribution >= 4 is 51.7 Å². The maximum atomic E-state index is 13.8. The molecule has 1 saturated heterocycles. The maximum Gasteiger partial charge on any atom is 0.255 e. The number of hydrogen-bond acceptors (Lipinski definition) is 5. The van der Waals surface area contributed by atoms with Crippen molar-refractivity contribution in [3.63, 3.8) is 0 Å². The summed E-state index contributed by atoms with van der Waals surface area (Å²) >= 11 is 7.69. The molecule has 2 N–H and O–H groups in total. The van der Waals surface area contributed by atoms with Gasteiger partial charge in [0.1, 0.15) is 0 Å². The molecule has 194 valence electrons. The van der Waals surface area contributed by atoms with Gasteiger partial charge in [-0.15, -0.1) is 0 Å². The molecule has 0 saturated carbocycles. The molecule has 0 bridgehead atoms. The number of carbonyl (C=O) groups excluding carboxylic acids is 2. The fourth-order valence-electron chi connectivity index (χ4n) is 4.84. The van der Waals surface area contributed by atoms with Crippen molar-refractivity contribution in [2.24, 2.45) is 4.99 Å². The molecule has 2 amide bonds. The number of halogens is 1. The van der Waals surface area contributed by atoms with E-state index in [1.165, 1.54) is 0 Å². The highest BCUT2D eigenvalue weighted by molar-refractivity contribution is 8.13. The van der Waals surface area contributed by atoms with Gasteiger partial charge in [-0.2, -0.15) is 0 Å². The van der Waals surface area contributed by atoms with Crippen LogP contribution < -0.4 is 10.6 Å². The highest BCUT2D eigenvalue weighted by Gasteiger charge is 2.37. The van der Waals surface area contributed by atoms with E-state index in [1.54, 1.807) is 36.0 Å². The number of benzene rings is 3. The van der Waals surface area contributed by atoms with Crippen molar-refractivity contribution in [1.29, 1.82) is 0 Å². The zero-order valence-electron chi connectivity index (χ0n) is 21.5. The number of aryl methyl sites for hydroxylation is 2. The average molecular weight is 545 g/mol. The van der Waals surface area contributed by atoms with E-state index in [4.69, 9.17) is 16.6 Å². The molecule has 0 aromatic heterocycles. The number of carbonyl (C=O) groups is 2. The first-order valence-corrected chi connectivity index (χ1v) is 13.9. The van der Waals surface area contributed by atoms with Gasteiger partial charge in [-0.1, -0.05) is 53.2 Å². The third-order valence-electron chi connectivity index (χ3n) is 6.70. The lowest BCUT2D eigenvalue weighted by Gasteiger charge is -2.41. The van der Waals surface area contributed by atoms with Crippen LogP contribution in [0.4, 0.5) is 11.4 Å². The molecule has 1 fully saturated rings. The zero-order valence-corrected chi connectivity index (χ0v) is 23.1. The van der Waals surface area contributed by atoms with Crippen LogP contribution in [0.3, 0.4) is 0 Å². The van der Waals surface area contributed by atoms with Crippen LogP contribution in [0.15, 0.2) is 83.0 Å². The molecule has 1 unspecified atom stereocenters. The summed E-state index contributed by atoms with van der Waals surface area (Å²) in [7, 11) is 0. The molecule has 5 rings (SSSR count). The summed E-state index contributed by atoms with van der Waals surface area (Å²) in [5.41, 5.74) is 6.33. The average Bonchev–Trinajstić information content (AvgIpc) is 2.90. The van der Waals surface area contributed by atoms with E-state index >= 15 is 0 Å². The molecule has 2 aliphatic heterocycles. The van der Waals surface area contributed by atoms with Crippen molar-refractivity contribution in [3.8, 4) is 0 Å². The first-order chi connectivity index (χ1) is 18.3. The molecule has 38 heavy (non-hydrogen) atoms. The molecule has 3 aromatic carbocycles. The van der Waals surface area contributed by atoms with Gasteiger partial charge in [-0.3, -0.25) is 9.59 Å². The maximum absolute atomic E-state index is 13.8. The fourth-order valence-corrected chi connectivity index (χ4v) is 5.99. The van der Waals surface area contributed by atoms with Crippen LogP contribution in [0, 0.1) is 13.8 Å². The van der Waals surface area contributed by atoms with E-state index in [0.29, 0.717) is 27.5 Å². The Hall–Kier alpha value is -3.55. The lowest BCUT2D eigenvalue weighted by atomic mass is 9.93. The van der Waals surface area contributed by atoms with Crippen molar-refractivity contribution in [2.75, 3.05) is 22.9 Å². The highest BCUT2D eigenvalue weighted by Crippen LogP contribution is 2.40. The minimum absolute atomic E-state index is 0.173. The lowest BCUT2D eigenvalue weighted by molar-refractivity contribution is -0.113. The third-order valence-corrected chi connectivity index (χ3v) is 8.03. The summed E-state index contributed by atoms with van der Waals surface area (Å²) in [5, 5.41) is 7.61. The van der Waals surface area contributed by atoms with Gasteiger partial charge in [-0.25, -0.2) is 4.99 Å². The fraction of sp³-hybridized carbons (Fsp3) is 0.233. The van der Waals surface area contributed by atoms with E-state index in [0.717, 1.165) is 46.3 Å². The monoisotopic (exact) mass is 544 g/mol. The first kappa shape index (κ1) is 26.1. The largest absolute Gasteiger partial charge is 0.340 e. The molecule has 0 spiro atoms. The molecular formula is C30H29ClN4O2S. The smallest absolute Gasteiger partial charge is 0.255 e. The summed E-state index contributed by atoms with van der Waals surface area (Å²) in [5.74, 6) is 0.600. The van der Waals surface area contributed by atoms with Gasteiger partial charge in [0.25, 0.3) is 11.8 Å². The second-order valence-electron chi connectivity index (χ2n) is 9.55. The summed E-state index contributed by atoms with van der Waals surface area (Å²) < 4.78 is 0. The van der Waals surface area contributed by atoms with Crippen LogP contribution in [0.2, 0.25) is 5.02 Å². The van der Waals surface area contributed by atoms with Crippen molar-refractivity contribution < 1.29 is 9.59 Å². The van der Waals surface area contributed by atoms with Crippen LogP contribution in [-0.4, -0.2) is 34.2 Å².